The lowest BCUT2D eigenvalue weighted by molar-refractivity contribution is -0.148. The van der Waals surface area contributed by atoms with Crippen LogP contribution in [-0.4, -0.2) is 22.2 Å². The molecule has 1 atom stereocenters. The largest absolute Gasteiger partial charge is 0.481 e. The van der Waals surface area contributed by atoms with Gasteiger partial charge in [-0.25, -0.2) is 0 Å². The standard InChI is InChI=1S/C18H16O4/c19-17(20)10-13(18(21)22)8-11-5-3-7-15-14-6-2-1-4-12(14)9-16(11)15/h1-7,13H,8-10H2,(H,19,20)(H,21,22). The summed E-state index contributed by atoms with van der Waals surface area (Å²) in [6.45, 7) is 0. The van der Waals surface area contributed by atoms with E-state index in [0.29, 0.717) is 0 Å². The maximum atomic E-state index is 11.3. The Morgan fingerprint density at radius 2 is 1.73 bits per heavy atom. The highest BCUT2D eigenvalue weighted by molar-refractivity contribution is 5.80. The van der Waals surface area contributed by atoms with Gasteiger partial charge in [-0.05, 0) is 40.7 Å². The molecule has 3 rings (SSSR count). The third-order valence-electron chi connectivity index (χ3n) is 4.18. The van der Waals surface area contributed by atoms with E-state index in [-0.39, 0.29) is 12.8 Å². The summed E-state index contributed by atoms with van der Waals surface area (Å²) < 4.78 is 0. The Morgan fingerprint density at radius 1 is 1.00 bits per heavy atom. The summed E-state index contributed by atoms with van der Waals surface area (Å²) in [5.74, 6) is -3.04. The van der Waals surface area contributed by atoms with Crippen LogP contribution in [0.25, 0.3) is 11.1 Å². The summed E-state index contributed by atoms with van der Waals surface area (Å²) in [6, 6.07) is 14.0. The SMILES string of the molecule is O=C(O)CC(Cc1cccc2c1Cc1ccccc1-2)C(=O)O. The van der Waals surface area contributed by atoms with Crippen LogP contribution in [0.5, 0.6) is 0 Å². The zero-order valence-electron chi connectivity index (χ0n) is 12.0. The summed E-state index contributed by atoms with van der Waals surface area (Å²) in [5.41, 5.74) is 5.61. The molecule has 0 amide bonds. The van der Waals surface area contributed by atoms with E-state index in [1.54, 1.807) is 0 Å². The van der Waals surface area contributed by atoms with Crippen molar-refractivity contribution in [3.63, 3.8) is 0 Å². The van der Waals surface area contributed by atoms with E-state index >= 15 is 0 Å². The van der Waals surface area contributed by atoms with E-state index in [1.807, 2.05) is 30.3 Å². The lowest BCUT2D eigenvalue weighted by Crippen LogP contribution is -2.20. The molecule has 0 saturated carbocycles. The third kappa shape index (κ3) is 2.60. The lowest BCUT2D eigenvalue weighted by atomic mass is 9.91. The molecule has 0 fully saturated rings. The summed E-state index contributed by atoms with van der Waals surface area (Å²) >= 11 is 0. The number of rotatable bonds is 5. The molecule has 0 aromatic heterocycles. The molecule has 2 aromatic carbocycles. The van der Waals surface area contributed by atoms with Crippen LogP contribution in [-0.2, 0) is 22.4 Å². The van der Waals surface area contributed by atoms with Gasteiger partial charge in [-0.2, -0.15) is 0 Å². The number of carboxylic acid groups (broad SMARTS) is 2. The fraction of sp³-hybridized carbons (Fsp3) is 0.222. The molecule has 0 aliphatic heterocycles. The van der Waals surface area contributed by atoms with Gasteiger partial charge in [0.1, 0.15) is 0 Å². The fourth-order valence-electron chi connectivity index (χ4n) is 3.14. The molecule has 112 valence electrons. The molecule has 22 heavy (non-hydrogen) atoms. The molecule has 0 saturated heterocycles. The predicted octanol–water partition coefficient (Wildman–Crippen LogP) is 2.98. The molecule has 0 radical (unpaired) electrons. The maximum absolute atomic E-state index is 11.3. The van der Waals surface area contributed by atoms with Crippen molar-refractivity contribution in [1.82, 2.24) is 0 Å². The van der Waals surface area contributed by atoms with Gasteiger partial charge < -0.3 is 10.2 Å². The first-order valence-electron chi connectivity index (χ1n) is 7.20. The number of hydrogen-bond donors (Lipinski definition) is 2. The molecular weight excluding hydrogens is 280 g/mol. The molecule has 4 nitrogen and oxygen atoms in total. The van der Waals surface area contributed by atoms with E-state index in [9.17, 15) is 14.7 Å². The normalized spacial score (nSPS) is 13.3. The van der Waals surface area contributed by atoms with Gasteiger partial charge in [-0.1, -0.05) is 42.5 Å². The van der Waals surface area contributed by atoms with Gasteiger partial charge >= 0.3 is 11.9 Å². The number of hydrogen-bond acceptors (Lipinski definition) is 2. The average Bonchev–Trinajstić information content (AvgIpc) is 2.86. The second-order valence-electron chi connectivity index (χ2n) is 5.61. The van der Waals surface area contributed by atoms with Crippen LogP contribution in [0.15, 0.2) is 42.5 Å². The molecule has 1 aliphatic carbocycles. The van der Waals surface area contributed by atoms with E-state index in [2.05, 4.69) is 12.1 Å². The van der Waals surface area contributed by atoms with Crippen LogP contribution >= 0.6 is 0 Å². The molecule has 4 heteroatoms. The Hall–Kier alpha value is -2.62. The Morgan fingerprint density at radius 3 is 2.45 bits per heavy atom. The summed E-state index contributed by atoms with van der Waals surface area (Å²) in [4.78, 5) is 22.1. The van der Waals surface area contributed by atoms with Crippen LogP contribution in [0.2, 0.25) is 0 Å². The third-order valence-corrected chi connectivity index (χ3v) is 4.18. The van der Waals surface area contributed by atoms with Crippen LogP contribution in [0.1, 0.15) is 23.1 Å². The average molecular weight is 296 g/mol. The molecule has 0 heterocycles. The number of carboxylic acids is 2. The first-order chi connectivity index (χ1) is 10.6. The first-order valence-corrected chi connectivity index (χ1v) is 7.20. The highest BCUT2D eigenvalue weighted by atomic mass is 16.4. The maximum Gasteiger partial charge on any atom is 0.307 e. The number of carbonyl (C=O) groups is 2. The van der Waals surface area contributed by atoms with E-state index in [1.165, 1.54) is 11.1 Å². The van der Waals surface area contributed by atoms with Gasteiger partial charge in [0, 0.05) is 0 Å². The number of benzene rings is 2. The van der Waals surface area contributed by atoms with Crippen molar-refractivity contribution in [3.8, 4) is 11.1 Å². The molecule has 1 unspecified atom stereocenters. The Balaban J connectivity index is 1.94. The van der Waals surface area contributed by atoms with Gasteiger partial charge in [-0.15, -0.1) is 0 Å². The monoisotopic (exact) mass is 296 g/mol. The van der Waals surface area contributed by atoms with Crippen LogP contribution < -0.4 is 0 Å². The van der Waals surface area contributed by atoms with Crippen molar-refractivity contribution < 1.29 is 19.8 Å². The number of aliphatic carboxylic acids is 2. The minimum atomic E-state index is -1.08. The second kappa shape index (κ2) is 5.64. The van der Waals surface area contributed by atoms with Gasteiger partial charge in [-0.3, -0.25) is 9.59 Å². The molecule has 2 aromatic rings. The summed E-state index contributed by atoms with van der Waals surface area (Å²) in [5, 5.41) is 18.1. The van der Waals surface area contributed by atoms with Crippen molar-refractivity contribution in [3.05, 3.63) is 59.2 Å². The van der Waals surface area contributed by atoms with Crippen molar-refractivity contribution in [2.24, 2.45) is 5.92 Å². The molecule has 0 spiro atoms. The Labute approximate surface area is 128 Å². The van der Waals surface area contributed by atoms with Crippen molar-refractivity contribution >= 4 is 11.9 Å². The van der Waals surface area contributed by atoms with E-state index in [4.69, 9.17) is 5.11 Å². The first kappa shape index (κ1) is 14.3. The van der Waals surface area contributed by atoms with E-state index in [0.717, 1.165) is 23.1 Å². The fourth-order valence-corrected chi connectivity index (χ4v) is 3.14. The topological polar surface area (TPSA) is 74.6 Å². The minimum Gasteiger partial charge on any atom is -0.481 e. The van der Waals surface area contributed by atoms with Crippen molar-refractivity contribution in [2.75, 3.05) is 0 Å². The lowest BCUT2D eigenvalue weighted by Gasteiger charge is -2.13. The van der Waals surface area contributed by atoms with Gasteiger partial charge in [0.15, 0.2) is 0 Å². The van der Waals surface area contributed by atoms with Gasteiger partial charge in [0.2, 0.25) is 0 Å². The van der Waals surface area contributed by atoms with Crippen molar-refractivity contribution in [1.29, 1.82) is 0 Å². The number of fused-ring (bicyclic) bond motifs is 3. The highest BCUT2D eigenvalue weighted by Crippen LogP contribution is 2.38. The zero-order chi connectivity index (χ0) is 15.7. The molecule has 0 bridgehead atoms. The van der Waals surface area contributed by atoms with Crippen molar-refractivity contribution in [2.45, 2.75) is 19.3 Å². The van der Waals surface area contributed by atoms with Crippen LogP contribution in [0.3, 0.4) is 0 Å². The quantitative estimate of drug-likeness (QED) is 0.759. The molecule has 2 N–H and O–H groups in total. The van der Waals surface area contributed by atoms with Crippen LogP contribution in [0.4, 0.5) is 0 Å². The highest BCUT2D eigenvalue weighted by Gasteiger charge is 2.25. The van der Waals surface area contributed by atoms with Crippen LogP contribution in [0, 0.1) is 5.92 Å². The minimum absolute atomic E-state index is 0.249. The summed E-state index contributed by atoms with van der Waals surface area (Å²) in [7, 11) is 0. The Bertz CT molecular complexity index is 749. The zero-order valence-corrected chi connectivity index (χ0v) is 12.0. The predicted molar refractivity (Wildman–Crippen MR) is 81.8 cm³/mol. The summed E-state index contributed by atoms with van der Waals surface area (Å²) in [6.07, 6.45) is 0.672. The smallest absolute Gasteiger partial charge is 0.307 e. The molecular formula is C18H16O4. The van der Waals surface area contributed by atoms with E-state index < -0.39 is 17.9 Å². The second-order valence-corrected chi connectivity index (χ2v) is 5.61. The molecule has 1 aliphatic rings. The van der Waals surface area contributed by atoms with Gasteiger partial charge in [0.05, 0.1) is 12.3 Å². The Kier molecular flexibility index (Phi) is 3.67. The van der Waals surface area contributed by atoms with Gasteiger partial charge in [0.25, 0.3) is 0 Å².